The standard InChI is InChI=1S/C21H17N9O3/c1-33-17-11-14(30(31)32)7-8-15(17)28-29-18-19(22)26-20(16-12-23-9-10-24-16)27-21(18)25-13-5-3-2-4-6-13/h2-12H,1H3,(H3,22,25,26,27). The normalized spacial score (nSPS) is 10.8. The summed E-state index contributed by atoms with van der Waals surface area (Å²) >= 11 is 0. The third kappa shape index (κ3) is 4.85. The van der Waals surface area contributed by atoms with E-state index >= 15 is 0 Å². The number of nitro benzene ring substituents is 1. The Morgan fingerprint density at radius 2 is 1.91 bits per heavy atom. The Morgan fingerprint density at radius 1 is 1.09 bits per heavy atom. The molecule has 4 aromatic rings. The second-order valence-corrected chi connectivity index (χ2v) is 6.52. The van der Waals surface area contributed by atoms with Crippen LogP contribution < -0.4 is 15.8 Å². The van der Waals surface area contributed by atoms with Gasteiger partial charge in [0.2, 0.25) is 0 Å². The van der Waals surface area contributed by atoms with Crippen LogP contribution in [0.4, 0.5) is 34.4 Å². The predicted octanol–water partition coefficient (Wildman–Crippen LogP) is 4.59. The van der Waals surface area contributed by atoms with Gasteiger partial charge in [-0.15, -0.1) is 10.2 Å². The Morgan fingerprint density at radius 3 is 2.61 bits per heavy atom. The highest BCUT2D eigenvalue weighted by Gasteiger charge is 2.16. The van der Waals surface area contributed by atoms with Gasteiger partial charge in [-0.2, -0.15) is 0 Å². The monoisotopic (exact) mass is 443 g/mol. The number of ether oxygens (including phenoxy) is 1. The number of benzene rings is 2. The van der Waals surface area contributed by atoms with E-state index in [9.17, 15) is 10.1 Å². The minimum atomic E-state index is -0.525. The summed E-state index contributed by atoms with van der Waals surface area (Å²) < 4.78 is 5.21. The average Bonchev–Trinajstić information content (AvgIpc) is 2.84. The van der Waals surface area contributed by atoms with E-state index in [2.05, 4.69) is 35.5 Å². The van der Waals surface area contributed by atoms with Crippen molar-refractivity contribution in [2.75, 3.05) is 18.2 Å². The first-order valence-corrected chi connectivity index (χ1v) is 9.55. The zero-order valence-electron chi connectivity index (χ0n) is 17.3. The van der Waals surface area contributed by atoms with Crippen molar-refractivity contribution >= 4 is 34.4 Å². The molecule has 0 spiro atoms. The van der Waals surface area contributed by atoms with Crippen LogP contribution in [-0.2, 0) is 0 Å². The molecule has 0 fully saturated rings. The highest BCUT2D eigenvalue weighted by Crippen LogP contribution is 2.37. The van der Waals surface area contributed by atoms with Gasteiger partial charge in [-0.05, 0) is 18.2 Å². The summed E-state index contributed by atoms with van der Waals surface area (Å²) in [6, 6.07) is 13.3. The number of nitrogens with two attached hydrogens (primary N) is 1. The molecule has 0 aliphatic carbocycles. The maximum atomic E-state index is 11.0. The molecule has 0 bridgehead atoms. The van der Waals surface area contributed by atoms with Gasteiger partial charge in [-0.25, -0.2) is 15.0 Å². The number of azo groups is 1. The van der Waals surface area contributed by atoms with Crippen molar-refractivity contribution in [1.82, 2.24) is 19.9 Å². The molecule has 4 rings (SSSR count). The van der Waals surface area contributed by atoms with Crippen LogP contribution in [0.25, 0.3) is 11.5 Å². The lowest BCUT2D eigenvalue weighted by atomic mass is 10.2. The Balaban J connectivity index is 1.78. The maximum Gasteiger partial charge on any atom is 0.273 e. The van der Waals surface area contributed by atoms with Gasteiger partial charge in [0.05, 0.1) is 24.3 Å². The number of nitrogens with one attached hydrogen (secondary N) is 1. The van der Waals surface area contributed by atoms with Crippen molar-refractivity contribution < 1.29 is 9.66 Å². The number of nitrogen functional groups attached to an aromatic ring is 1. The molecule has 164 valence electrons. The van der Waals surface area contributed by atoms with E-state index in [1.54, 1.807) is 0 Å². The Kier molecular flexibility index (Phi) is 6.07. The molecule has 2 aromatic carbocycles. The van der Waals surface area contributed by atoms with Crippen LogP contribution in [0.5, 0.6) is 5.75 Å². The summed E-state index contributed by atoms with van der Waals surface area (Å²) in [5.41, 5.74) is 7.68. The van der Waals surface area contributed by atoms with Gasteiger partial charge in [0.1, 0.15) is 11.4 Å². The molecule has 0 aliphatic rings. The molecule has 12 heteroatoms. The van der Waals surface area contributed by atoms with E-state index in [-0.39, 0.29) is 34.5 Å². The molecule has 0 unspecified atom stereocenters. The molecule has 0 aliphatic heterocycles. The summed E-state index contributed by atoms with van der Waals surface area (Å²) in [5.74, 6) is 0.778. The topological polar surface area (TPSA) is 167 Å². The molecule has 0 saturated heterocycles. The van der Waals surface area contributed by atoms with Crippen LogP contribution in [0.3, 0.4) is 0 Å². The highest BCUT2D eigenvalue weighted by atomic mass is 16.6. The van der Waals surface area contributed by atoms with E-state index < -0.39 is 4.92 Å². The van der Waals surface area contributed by atoms with E-state index in [1.807, 2.05) is 30.3 Å². The fourth-order valence-electron chi connectivity index (χ4n) is 2.81. The van der Waals surface area contributed by atoms with Crippen LogP contribution in [-0.4, -0.2) is 32.0 Å². The number of anilines is 3. The first-order chi connectivity index (χ1) is 16.0. The number of aromatic nitrogens is 4. The van der Waals surface area contributed by atoms with Crippen LogP contribution in [0, 0.1) is 10.1 Å². The zero-order valence-corrected chi connectivity index (χ0v) is 17.3. The second-order valence-electron chi connectivity index (χ2n) is 6.52. The zero-order chi connectivity index (χ0) is 23.2. The van der Waals surface area contributed by atoms with Gasteiger partial charge in [-0.1, -0.05) is 18.2 Å². The van der Waals surface area contributed by atoms with E-state index in [0.717, 1.165) is 5.69 Å². The number of non-ortho nitro benzene ring substituents is 1. The molecule has 0 radical (unpaired) electrons. The van der Waals surface area contributed by atoms with Crippen molar-refractivity contribution in [2.24, 2.45) is 10.2 Å². The minimum absolute atomic E-state index is 0.0497. The Bertz CT molecular complexity index is 1320. The lowest BCUT2D eigenvalue weighted by Crippen LogP contribution is -2.03. The number of nitro groups is 1. The van der Waals surface area contributed by atoms with Crippen LogP contribution in [0.15, 0.2) is 77.3 Å². The molecule has 2 aromatic heterocycles. The predicted molar refractivity (Wildman–Crippen MR) is 121 cm³/mol. The minimum Gasteiger partial charge on any atom is -0.494 e. The summed E-state index contributed by atoms with van der Waals surface area (Å²) in [5, 5.41) is 22.6. The largest absolute Gasteiger partial charge is 0.494 e. The Labute approximate surface area is 187 Å². The molecule has 2 heterocycles. The van der Waals surface area contributed by atoms with Crippen molar-refractivity contribution in [3.63, 3.8) is 0 Å². The third-order valence-electron chi connectivity index (χ3n) is 4.37. The third-order valence-corrected chi connectivity index (χ3v) is 4.37. The van der Waals surface area contributed by atoms with E-state index in [1.165, 1.54) is 43.9 Å². The van der Waals surface area contributed by atoms with Gasteiger partial charge < -0.3 is 15.8 Å². The quantitative estimate of drug-likeness (QED) is 0.236. The molecule has 12 nitrogen and oxygen atoms in total. The molecule has 33 heavy (non-hydrogen) atoms. The number of rotatable bonds is 7. The fourth-order valence-corrected chi connectivity index (χ4v) is 2.81. The average molecular weight is 443 g/mol. The number of hydrogen-bond acceptors (Lipinski definition) is 11. The number of para-hydroxylation sites is 1. The van der Waals surface area contributed by atoms with E-state index in [4.69, 9.17) is 10.5 Å². The first-order valence-electron chi connectivity index (χ1n) is 9.55. The Hall–Kier alpha value is -5.00. The van der Waals surface area contributed by atoms with Crippen LogP contribution in [0.1, 0.15) is 0 Å². The van der Waals surface area contributed by atoms with Gasteiger partial charge in [0.15, 0.2) is 28.9 Å². The second kappa shape index (κ2) is 9.43. The van der Waals surface area contributed by atoms with E-state index in [0.29, 0.717) is 11.5 Å². The number of nitrogens with zero attached hydrogens (tertiary/aromatic N) is 7. The maximum absolute atomic E-state index is 11.0. The van der Waals surface area contributed by atoms with Gasteiger partial charge in [0.25, 0.3) is 5.69 Å². The number of methoxy groups -OCH3 is 1. The van der Waals surface area contributed by atoms with Crippen LogP contribution in [0.2, 0.25) is 0 Å². The first kappa shape index (κ1) is 21.2. The summed E-state index contributed by atoms with van der Waals surface area (Å²) in [4.78, 5) is 27.5. The van der Waals surface area contributed by atoms with Crippen molar-refractivity contribution in [1.29, 1.82) is 0 Å². The summed E-state index contributed by atoms with van der Waals surface area (Å²) in [6.07, 6.45) is 4.58. The van der Waals surface area contributed by atoms with Crippen molar-refractivity contribution in [3.8, 4) is 17.3 Å². The highest BCUT2D eigenvalue weighted by molar-refractivity contribution is 5.78. The molecule has 0 saturated carbocycles. The van der Waals surface area contributed by atoms with Gasteiger partial charge >= 0.3 is 0 Å². The summed E-state index contributed by atoms with van der Waals surface area (Å²) in [6.45, 7) is 0. The summed E-state index contributed by atoms with van der Waals surface area (Å²) in [7, 11) is 1.38. The van der Waals surface area contributed by atoms with Gasteiger partial charge in [0, 0.05) is 24.1 Å². The molecular weight excluding hydrogens is 426 g/mol. The van der Waals surface area contributed by atoms with Crippen molar-refractivity contribution in [3.05, 3.63) is 77.2 Å². The lowest BCUT2D eigenvalue weighted by Gasteiger charge is -2.11. The van der Waals surface area contributed by atoms with Crippen molar-refractivity contribution in [2.45, 2.75) is 0 Å². The molecule has 0 amide bonds. The SMILES string of the molecule is COc1cc([N+](=O)[O-])ccc1N=Nc1c(N)nc(-c2cnccn2)nc1Nc1ccccc1. The smallest absolute Gasteiger partial charge is 0.273 e. The van der Waals surface area contributed by atoms with Crippen LogP contribution >= 0.6 is 0 Å². The van der Waals surface area contributed by atoms with Gasteiger partial charge in [-0.3, -0.25) is 15.1 Å². The molecule has 3 N–H and O–H groups in total. The molecular formula is C21H17N9O3. The lowest BCUT2D eigenvalue weighted by molar-refractivity contribution is -0.384. The number of hydrogen-bond donors (Lipinski definition) is 2. The molecule has 0 atom stereocenters. The fraction of sp³-hybridized carbons (Fsp3) is 0.0476.